The topological polar surface area (TPSA) is 74.8 Å². The first-order valence-corrected chi connectivity index (χ1v) is 13.4. The van der Waals surface area contributed by atoms with E-state index in [1.54, 1.807) is 18.3 Å². The molecule has 0 spiro atoms. The molecule has 1 aromatic carbocycles. The molecular weight excluding hydrogens is 476 g/mol. The second-order valence-electron chi connectivity index (χ2n) is 10.5. The third kappa shape index (κ3) is 5.58. The predicted octanol–water partition coefficient (Wildman–Crippen LogP) is 4.60. The van der Waals surface area contributed by atoms with Gasteiger partial charge in [0.1, 0.15) is 0 Å². The SMILES string of the molecule is Cc1ccc(C(=O)Nc2cc(Cl)cc(CN3CC4CCC(C3)N4C(=O)CC3CCOCC3)c2C)cn1. The van der Waals surface area contributed by atoms with Gasteiger partial charge in [-0.15, -0.1) is 0 Å². The lowest BCUT2D eigenvalue weighted by Gasteiger charge is -2.42. The summed E-state index contributed by atoms with van der Waals surface area (Å²) in [6, 6.07) is 7.96. The number of hydrogen-bond donors (Lipinski definition) is 1. The highest BCUT2D eigenvalue weighted by atomic mass is 35.5. The molecule has 2 aromatic rings. The molecule has 0 radical (unpaired) electrons. The van der Waals surface area contributed by atoms with Crippen molar-refractivity contribution in [2.24, 2.45) is 5.92 Å². The van der Waals surface area contributed by atoms with E-state index < -0.39 is 0 Å². The molecule has 7 nitrogen and oxygen atoms in total. The molecule has 5 rings (SSSR count). The first-order chi connectivity index (χ1) is 17.4. The number of aromatic nitrogens is 1. The number of fused-ring (bicyclic) bond motifs is 2. The molecule has 3 aliphatic heterocycles. The van der Waals surface area contributed by atoms with Crippen LogP contribution in [0.1, 0.15) is 59.3 Å². The van der Waals surface area contributed by atoms with E-state index in [2.05, 4.69) is 20.1 Å². The van der Waals surface area contributed by atoms with Gasteiger partial charge in [0.15, 0.2) is 0 Å². The van der Waals surface area contributed by atoms with E-state index in [0.29, 0.717) is 28.8 Å². The number of carbonyl (C=O) groups excluding carboxylic acids is 2. The summed E-state index contributed by atoms with van der Waals surface area (Å²) >= 11 is 6.47. The van der Waals surface area contributed by atoms with Gasteiger partial charge in [0.2, 0.25) is 5.91 Å². The van der Waals surface area contributed by atoms with Crippen LogP contribution in [0.4, 0.5) is 5.69 Å². The minimum Gasteiger partial charge on any atom is -0.381 e. The number of aryl methyl sites for hydroxylation is 1. The number of pyridine rings is 1. The standard InChI is InChI=1S/C28H35ClN4O3/c1-18-3-4-21(14-30-18)28(35)31-26-13-23(29)12-22(19(26)2)15-32-16-24-5-6-25(17-32)33(24)27(34)11-20-7-9-36-10-8-20/h3-4,12-14,20,24-25H,5-11,15-17H2,1-2H3,(H,31,35). The lowest BCUT2D eigenvalue weighted by atomic mass is 9.95. The number of amides is 2. The summed E-state index contributed by atoms with van der Waals surface area (Å²) in [5.74, 6) is 0.583. The van der Waals surface area contributed by atoms with Crippen molar-refractivity contribution in [2.75, 3.05) is 31.6 Å². The number of halogens is 1. The van der Waals surface area contributed by atoms with E-state index in [0.717, 1.165) is 81.0 Å². The van der Waals surface area contributed by atoms with Crippen molar-refractivity contribution in [2.45, 2.75) is 64.6 Å². The summed E-state index contributed by atoms with van der Waals surface area (Å²) in [5, 5.41) is 3.61. The zero-order valence-corrected chi connectivity index (χ0v) is 21.9. The lowest BCUT2D eigenvalue weighted by Crippen LogP contribution is -2.55. The molecule has 0 saturated carbocycles. The molecule has 0 aliphatic carbocycles. The summed E-state index contributed by atoms with van der Waals surface area (Å²) in [5.41, 5.74) is 4.21. The van der Waals surface area contributed by atoms with Crippen molar-refractivity contribution in [3.05, 3.63) is 57.9 Å². The van der Waals surface area contributed by atoms with Gasteiger partial charge in [-0.3, -0.25) is 19.5 Å². The fourth-order valence-electron chi connectivity index (χ4n) is 5.90. The maximum atomic E-state index is 13.2. The third-order valence-corrected chi connectivity index (χ3v) is 8.16. The van der Waals surface area contributed by atoms with Gasteiger partial charge in [-0.05, 0) is 80.8 Å². The van der Waals surface area contributed by atoms with Gasteiger partial charge < -0.3 is 15.0 Å². The monoisotopic (exact) mass is 510 g/mol. The highest BCUT2D eigenvalue weighted by molar-refractivity contribution is 6.31. The summed E-state index contributed by atoms with van der Waals surface area (Å²) < 4.78 is 5.46. The van der Waals surface area contributed by atoms with Gasteiger partial charge in [-0.2, -0.15) is 0 Å². The van der Waals surface area contributed by atoms with Gasteiger partial charge in [-0.1, -0.05) is 11.6 Å². The molecule has 2 amide bonds. The Morgan fingerprint density at radius 2 is 1.81 bits per heavy atom. The Morgan fingerprint density at radius 3 is 2.47 bits per heavy atom. The highest BCUT2D eigenvalue weighted by Gasteiger charge is 2.42. The number of carbonyl (C=O) groups is 2. The minimum absolute atomic E-state index is 0.200. The number of piperazine rings is 1. The Balaban J connectivity index is 1.24. The average molecular weight is 511 g/mol. The molecule has 1 N–H and O–H groups in total. The fourth-order valence-corrected chi connectivity index (χ4v) is 6.14. The Kier molecular flexibility index (Phi) is 7.60. The largest absolute Gasteiger partial charge is 0.381 e. The predicted molar refractivity (Wildman–Crippen MR) is 140 cm³/mol. The van der Waals surface area contributed by atoms with E-state index in [4.69, 9.17) is 16.3 Å². The smallest absolute Gasteiger partial charge is 0.257 e. The second-order valence-corrected chi connectivity index (χ2v) is 11.0. The normalized spacial score (nSPS) is 22.6. The van der Waals surface area contributed by atoms with Crippen molar-refractivity contribution in [1.29, 1.82) is 0 Å². The summed E-state index contributed by atoms with van der Waals surface area (Å²) in [6.07, 6.45) is 6.37. The van der Waals surface area contributed by atoms with Crippen LogP contribution >= 0.6 is 11.6 Å². The molecule has 2 unspecified atom stereocenters. The van der Waals surface area contributed by atoms with Crippen molar-refractivity contribution in [1.82, 2.24) is 14.8 Å². The molecule has 2 bridgehead atoms. The number of nitrogens with one attached hydrogen (secondary N) is 1. The Labute approximate surface area is 218 Å². The number of anilines is 1. The van der Waals surface area contributed by atoms with Crippen LogP contribution in [0.5, 0.6) is 0 Å². The van der Waals surface area contributed by atoms with Crippen LogP contribution in [0.15, 0.2) is 30.5 Å². The van der Waals surface area contributed by atoms with E-state index in [1.807, 2.05) is 26.0 Å². The van der Waals surface area contributed by atoms with Gasteiger partial charge >= 0.3 is 0 Å². The van der Waals surface area contributed by atoms with E-state index in [-0.39, 0.29) is 18.0 Å². The highest BCUT2D eigenvalue weighted by Crippen LogP contribution is 2.34. The van der Waals surface area contributed by atoms with Crippen LogP contribution in [0.3, 0.4) is 0 Å². The maximum Gasteiger partial charge on any atom is 0.257 e. The van der Waals surface area contributed by atoms with Crippen LogP contribution in [0.2, 0.25) is 5.02 Å². The van der Waals surface area contributed by atoms with Crippen molar-refractivity contribution < 1.29 is 14.3 Å². The van der Waals surface area contributed by atoms with Crippen LogP contribution in [0.25, 0.3) is 0 Å². The Hall–Kier alpha value is -2.48. The van der Waals surface area contributed by atoms with Gasteiger partial charge in [0.25, 0.3) is 5.91 Å². The molecule has 3 fully saturated rings. The zero-order chi connectivity index (χ0) is 25.2. The van der Waals surface area contributed by atoms with Crippen LogP contribution < -0.4 is 5.32 Å². The molecule has 4 heterocycles. The zero-order valence-electron chi connectivity index (χ0n) is 21.1. The van der Waals surface area contributed by atoms with Crippen LogP contribution in [-0.2, 0) is 16.1 Å². The van der Waals surface area contributed by atoms with Gasteiger partial charge in [-0.25, -0.2) is 0 Å². The third-order valence-electron chi connectivity index (χ3n) is 7.95. The summed E-state index contributed by atoms with van der Waals surface area (Å²) in [7, 11) is 0. The maximum absolute atomic E-state index is 13.2. The number of likely N-dealkylation sites (tertiary alicyclic amines) is 1. The first kappa shape index (κ1) is 25.2. The van der Waals surface area contributed by atoms with Crippen molar-refractivity contribution in [3.63, 3.8) is 0 Å². The molecule has 2 atom stereocenters. The number of benzene rings is 1. The lowest BCUT2D eigenvalue weighted by molar-refractivity contribution is -0.138. The van der Waals surface area contributed by atoms with Gasteiger partial charge in [0, 0.05) is 74.0 Å². The van der Waals surface area contributed by atoms with E-state index in [9.17, 15) is 9.59 Å². The number of ether oxygens (including phenoxy) is 1. The van der Waals surface area contributed by atoms with Gasteiger partial charge in [0.05, 0.1) is 5.56 Å². The Bertz CT molecular complexity index is 1100. The second kappa shape index (κ2) is 10.9. The number of hydrogen-bond acceptors (Lipinski definition) is 5. The molecular formula is C28H35ClN4O3. The molecule has 36 heavy (non-hydrogen) atoms. The van der Waals surface area contributed by atoms with Crippen molar-refractivity contribution in [3.8, 4) is 0 Å². The first-order valence-electron chi connectivity index (χ1n) is 13.0. The van der Waals surface area contributed by atoms with Crippen molar-refractivity contribution >= 4 is 29.1 Å². The van der Waals surface area contributed by atoms with Crippen LogP contribution in [-0.4, -0.2) is 65.0 Å². The Morgan fingerprint density at radius 1 is 1.08 bits per heavy atom. The fraction of sp³-hybridized carbons (Fsp3) is 0.536. The average Bonchev–Trinajstić information content (AvgIpc) is 3.13. The summed E-state index contributed by atoms with van der Waals surface area (Å²) in [4.78, 5) is 34.8. The molecule has 1 aromatic heterocycles. The minimum atomic E-state index is -0.200. The number of rotatable bonds is 6. The molecule has 8 heteroatoms. The summed E-state index contributed by atoms with van der Waals surface area (Å²) in [6.45, 7) is 7.97. The van der Waals surface area contributed by atoms with E-state index >= 15 is 0 Å². The molecule has 3 saturated heterocycles. The quantitative estimate of drug-likeness (QED) is 0.615. The number of nitrogens with zero attached hydrogens (tertiary/aromatic N) is 3. The van der Waals surface area contributed by atoms with Crippen LogP contribution in [0, 0.1) is 19.8 Å². The molecule has 3 aliphatic rings. The molecule has 192 valence electrons. The van der Waals surface area contributed by atoms with E-state index in [1.165, 1.54) is 0 Å².